The number of halogens is 1. The lowest BCUT2D eigenvalue weighted by Gasteiger charge is -2.13. The molecule has 1 saturated carbocycles. The zero-order valence-electron chi connectivity index (χ0n) is 8.51. The predicted octanol–water partition coefficient (Wildman–Crippen LogP) is 1.72. The van der Waals surface area contributed by atoms with Gasteiger partial charge in [0, 0.05) is 13.1 Å². The number of hydrogen-bond donors (Lipinski definition) is 1. The van der Waals surface area contributed by atoms with Crippen LogP contribution >= 0.6 is 11.6 Å². The first kappa shape index (κ1) is 11.2. The summed E-state index contributed by atoms with van der Waals surface area (Å²) in [5, 5.41) is 3.02. The Labute approximate surface area is 89.2 Å². The molecular weight excluding hydrogens is 200 g/mol. The number of amides is 1. The molecule has 14 heavy (non-hydrogen) atoms. The van der Waals surface area contributed by atoms with Gasteiger partial charge in [0.15, 0.2) is 0 Å². The molecule has 1 aliphatic rings. The van der Waals surface area contributed by atoms with E-state index in [4.69, 9.17) is 11.6 Å². The van der Waals surface area contributed by atoms with Crippen LogP contribution in [0.25, 0.3) is 0 Å². The van der Waals surface area contributed by atoms with Gasteiger partial charge in [-0.3, -0.25) is 9.79 Å². The van der Waals surface area contributed by atoms with E-state index < -0.39 is 0 Å². The van der Waals surface area contributed by atoms with Crippen molar-refractivity contribution in [3.05, 3.63) is 12.2 Å². The molecule has 0 heterocycles. The summed E-state index contributed by atoms with van der Waals surface area (Å²) in [5.41, 5.74) is 0.238. The number of nitrogens with one attached hydrogen (secondary N) is 1. The molecule has 3 nitrogen and oxygen atoms in total. The van der Waals surface area contributed by atoms with E-state index >= 15 is 0 Å². The Kier molecular flexibility index (Phi) is 3.69. The molecule has 4 heteroatoms. The number of carbonyl (C=O) groups is 1. The maximum Gasteiger partial charge on any atom is 0.253 e. The van der Waals surface area contributed by atoms with Crippen molar-refractivity contribution in [1.82, 2.24) is 5.32 Å². The average molecular weight is 215 g/mol. The van der Waals surface area contributed by atoms with Crippen molar-refractivity contribution in [2.45, 2.75) is 25.8 Å². The highest BCUT2D eigenvalue weighted by Gasteiger charge is 2.29. The topological polar surface area (TPSA) is 41.5 Å². The van der Waals surface area contributed by atoms with E-state index in [0.717, 1.165) is 0 Å². The lowest BCUT2D eigenvalue weighted by molar-refractivity contribution is -0.117. The SMILES string of the molecule is C=C(C(=O)N[C@@H](C)C1CC1)C(Cl)=NC. The summed E-state index contributed by atoms with van der Waals surface area (Å²) in [6.45, 7) is 5.58. The molecule has 0 spiro atoms. The van der Waals surface area contributed by atoms with Crippen molar-refractivity contribution in [1.29, 1.82) is 0 Å². The summed E-state index contributed by atoms with van der Waals surface area (Å²) in [6.07, 6.45) is 2.40. The van der Waals surface area contributed by atoms with Crippen LogP contribution in [0.2, 0.25) is 0 Å². The van der Waals surface area contributed by atoms with Crippen LogP contribution in [0.1, 0.15) is 19.8 Å². The third-order valence-corrected chi connectivity index (χ3v) is 2.80. The summed E-state index contributed by atoms with van der Waals surface area (Å²) in [7, 11) is 1.53. The summed E-state index contributed by atoms with van der Waals surface area (Å²) >= 11 is 5.68. The minimum Gasteiger partial charge on any atom is -0.349 e. The fourth-order valence-corrected chi connectivity index (χ4v) is 1.32. The van der Waals surface area contributed by atoms with Gasteiger partial charge in [-0.25, -0.2) is 0 Å². The largest absolute Gasteiger partial charge is 0.349 e. The summed E-state index contributed by atoms with van der Waals surface area (Å²) in [5.74, 6) is 0.407. The minimum absolute atomic E-state index is 0.172. The summed E-state index contributed by atoms with van der Waals surface area (Å²) < 4.78 is 0. The second-order valence-corrected chi connectivity index (χ2v) is 3.95. The Hall–Kier alpha value is -0.830. The van der Waals surface area contributed by atoms with Gasteiger partial charge in [0.25, 0.3) is 5.91 Å². The van der Waals surface area contributed by atoms with Crippen LogP contribution in [0.4, 0.5) is 0 Å². The molecule has 1 N–H and O–H groups in total. The van der Waals surface area contributed by atoms with E-state index in [-0.39, 0.29) is 22.7 Å². The van der Waals surface area contributed by atoms with Crippen molar-refractivity contribution in [3.8, 4) is 0 Å². The van der Waals surface area contributed by atoms with Crippen molar-refractivity contribution in [2.24, 2.45) is 10.9 Å². The van der Waals surface area contributed by atoms with Crippen LogP contribution in [0.5, 0.6) is 0 Å². The van der Waals surface area contributed by atoms with Gasteiger partial charge in [0.2, 0.25) is 0 Å². The number of carbonyl (C=O) groups excluding carboxylic acids is 1. The molecule has 0 unspecified atom stereocenters. The maximum absolute atomic E-state index is 11.5. The van der Waals surface area contributed by atoms with Gasteiger partial charge in [0.1, 0.15) is 5.17 Å². The minimum atomic E-state index is -0.222. The Morgan fingerprint density at radius 3 is 2.64 bits per heavy atom. The van der Waals surface area contributed by atoms with E-state index in [9.17, 15) is 4.79 Å². The molecule has 1 amide bonds. The molecule has 0 bridgehead atoms. The van der Waals surface area contributed by atoms with E-state index in [1.54, 1.807) is 0 Å². The normalized spacial score (nSPS) is 18.9. The van der Waals surface area contributed by atoms with Gasteiger partial charge < -0.3 is 5.32 Å². The quantitative estimate of drug-likeness (QED) is 0.562. The monoisotopic (exact) mass is 214 g/mol. The van der Waals surface area contributed by atoms with E-state index in [1.165, 1.54) is 19.9 Å². The number of nitrogens with zero attached hydrogens (tertiary/aromatic N) is 1. The lowest BCUT2D eigenvalue weighted by atomic mass is 10.2. The molecule has 0 aromatic carbocycles. The van der Waals surface area contributed by atoms with Gasteiger partial charge in [-0.15, -0.1) is 0 Å². The third kappa shape index (κ3) is 2.84. The zero-order valence-corrected chi connectivity index (χ0v) is 9.27. The fraction of sp³-hybridized carbons (Fsp3) is 0.600. The van der Waals surface area contributed by atoms with Crippen molar-refractivity contribution in [2.75, 3.05) is 7.05 Å². The Bertz CT molecular complexity index is 282. The highest BCUT2D eigenvalue weighted by atomic mass is 35.5. The van der Waals surface area contributed by atoms with Crippen LogP contribution in [-0.4, -0.2) is 24.2 Å². The van der Waals surface area contributed by atoms with Crippen molar-refractivity contribution >= 4 is 22.7 Å². The van der Waals surface area contributed by atoms with Crippen LogP contribution in [0, 0.1) is 5.92 Å². The van der Waals surface area contributed by atoms with E-state index in [1.807, 2.05) is 6.92 Å². The Morgan fingerprint density at radius 1 is 1.64 bits per heavy atom. The molecule has 0 aromatic rings. The highest BCUT2D eigenvalue weighted by molar-refractivity contribution is 6.72. The molecule has 1 rings (SSSR count). The second kappa shape index (κ2) is 4.60. The molecule has 1 atom stereocenters. The molecule has 0 radical (unpaired) electrons. The fourth-order valence-electron chi connectivity index (χ4n) is 1.24. The molecule has 78 valence electrons. The number of rotatable bonds is 4. The van der Waals surface area contributed by atoms with E-state index in [2.05, 4.69) is 16.9 Å². The van der Waals surface area contributed by atoms with Crippen molar-refractivity contribution in [3.63, 3.8) is 0 Å². The summed E-state index contributed by atoms with van der Waals surface area (Å²) in [6, 6.07) is 0.209. The van der Waals surface area contributed by atoms with Crippen molar-refractivity contribution < 1.29 is 4.79 Å². The van der Waals surface area contributed by atoms with Crippen LogP contribution in [0.15, 0.2) is 17.1 Å². The lowest BCUT2D eigenvalue weighted by Crippen LogP contribution is -2.35. The highest BCUT2D eigenvalue weighted by Crippen LogP contribution is 2.32. The van der Waals surface area contributed by atoms with Gasteiger partial charge in [-0.2, -0.15) is 0 Å². The maximum atomic E-state index is 11.5. The molecular formula is C10H15ClN2O. The number of aliphatic imine (C=N–C) groups is 1. The Morgan fingerprint density at radius 2 is 2.21 bits per heavy atom. The van der Waals surface area contributed by atoms with Crippen LogP contribution in [0.3, 0.4) is 0 Å². The van der Waals surface area contributed by atoms with Crippen LogP contribution < -0.4 is 5.32 Å². The first-order chi connectivity index (χ1) is 6.56. The van der Waals surface area contributed by atoms with E-state index in [0.29, 0.717) is 5.92 Å². The third-order valence-electron chi connectivity index (χ3n) is 2.41. The molecule has 0 aromatic heterocycles. The zero-order chi connectivity index (χ0) is 10.7. The summed E-state index contributed by atoms with van der Waals surface area (Å²) in [4.78, 5) is 15.2. The molecule has 0 aliphatic heterocycles. The van der Waals surface area contributed by atoms with Crippen LogP contribution in [-0.2, 0) is 4.79 Å². The molecule has 1 aliphatic carbocycles. The van der Waals surface area contributed by atoms with Gasteiger partial charge >= 0.3 is 0 Å². The first-order valence-corrected chi connectivity index (χ1v) is 5.06. The Balaban J connectivity index is 2.44. The predicted molar refractivity (Wildman–Crippen MR) is 58.7 cm³/mol. The molecule has 0 saturated heterocycles. The smallest absolute Gasteiger partial charge is 0.253 e. The molecule has 1 fully saturated rings. The number of hydrogen-bond acceptors (Lipinski definition) is 2. The second-order valence-electron chi connectivity index (χ2n) is 3.59. The van der Waals surface area contributed by atoms with Gasteiger partial charge in [-0.05, 0) is 25.7 Å². The average Bonchev–Trinajstić information content (AvgIpc) is 2.98. The van der Waals surface area contributed by atoms with Gasteiger partial charge in [-0.1, -0.05) is 18.2 Å². The first-order valence-electron chi connectivity index (χ1n) is 4.68. The standard InChI is InChI=1S/C10H15ClN2O/c1-6(9(11)12-3)10(14)13-7(2)8-4-5-8/h7-8H,1,4-5H2,2-3H3,(H,13,14)/t7-/m0/s1. The van der Waals surface area contributed by atoms with Gasteiger partial charge in [0.05, 0.1) is 5.57 Å².